The van der Waals surface area contributed by atoms with Gasteiger partial charge in [0.05, 0.1) is 10.7 Å². The molecule has 0 spiro atoms. The Hall–Kier alpha value is -0.410. The first-order valence-electron chi connectivity index (χ1n) is 5.98. The highest BCUT2D eigenvalue weighted by molar-refractivity contribution is 7.11. The molecule has 1 aliphatic carbocycles. The molecule has 1 aliphatic rings. The van der Waals surface area contributed by atoms with Crippen LogP contribution in [0.15, 0.2) is 0 Å². The van der Waals surface area contributed by atoms with E-state index in [2.05, 4.69) is 12.2 Å². The number of aryl methyl sites for hydroxylation is 2. The Morgan fingerprint density at radius 1 is 1.53 bits per heavy atom. The summed E-state index contributed by atoms with van der Waals surface area (Å²) in [5.74, 6) is 0.667. The van der Waals surface area contributed by atoms with Crippen molar-refractivity contribution < 1.29 is 0 Å². The van der Waals surface area contributed by atoms with Gasteiger partial charge in [0, 0.05) is 17.3 Å². The number of fused-ring (bicyclic) bond motifs is 1. The summed E-state index contributed by atoms with van der Waals surface area (Å²) in [7, 11) is 2.04. The van der Waals surface area contributed by atoms with Crippen molar-refractivity contribution >= 4 is 11.3 Å². The first-order chi connectivity index (χ1) is 7.35. The number of likely N-dealkylation sites (N-methyl/N-ethyl adjacent to an activating group) is 1. The maximum Gasteiger partial charge on any atom is 0.0931 e. The summed E-state index contributed by atoms with van der Waals surface area (Å²) in [5.41, 5.74) is 1.41. The van der Waals surface area contributed by atoms with Crippen molar-refractivity contribution in [2.45, 2.75) is 44.9 Å². The normalized spacial score (nSPS) is 20.3. The number of thiazole rings is 1. The Kier molecular flexibility index (Phi) is 3.76. The van der Waals surface area contributed by atoms with Gasteiger partial charge in [-0.2, -0.15) is 0 Å². The van der Waals surface area contributed by atoms with Crippen molar-refractivity contribution in [3.05, 3.63) is 15.6 Å². The molecule has 1 atom stereocenters. The molecule has 2 rings (SSSR count). The second-order valence-electron chi connectivity index (χ2n) is 4.31. The van der Waals surface area contributed by atoms with E-state index in [0.717, 1.165) is 13.0 Å². The molecule has 0 saturated carbocycles. The van der Waals surface area contributed by atoms with Gasteiger partial charge >= 0.3 is 0 Å². The Labute approximate surface area is 96.1 Å². The van der Waals surface area contributed by atoms with E-state index in [1.54, 1.807) is 4.88 Å². The molecule has 0 aliphatic heterocycles. The fourth-order valence-corrected chi connectivity index (χ4v) is 3.62. The third kappa shape index (κ3) is 2.40. The summed E-state index contributed by atoms with van der Waals surface area (Å²) in [4.78, 5) is 6.38. The molecule has 1 aromatic rings. The van der Waals surface area contributed by atoms with E-state index in [-0.39, 0.29) is 0 Å². The van der Waals surface area contributed by atoms with E-state index in [1.807, 2.05) is 18.4 Å². The molecule has 0 bridgehead atoms. The number of hydrogen-bond donors (Lipinski definition) is 1. The summed E-state index contributed by atoms with van der Waals surface area (Å²) < 4.78 is 0. The minimum absolute atomic E-state index is 0.667. The SMILES string of the molecule is CCCc1nc2c(s1)CCCC2CNC. The predicted molar refractivity (Wildman–Crippen MR) is 65.7 cm³/mol. The van der Waals surface area contributed by atoms with Crippen molar-refractivity contribution in [2.24, 2.45) is 0 Å². The zero-order chi connectivity index (χ0) is 10.7. The van der Waals surface area contributed by atoms with E-state index in [0.29, 0.717) is 5.92 Å². The van der Waals surface area contributed by atoms with Crippen LogP contribution in [-0.2, 0) is 12.8 Å². The highest BCUT2D eigenvalue weighted by Crippen LogP contribution is 2.34. The number of hydrogen-bond acceptors (Lipinski definition) is 3. The lowest BCUT2D eigenvalue weighted by atomic mass is 9.91. The van der Waals surface area contributed by atoms with Gasteiger partial charge in [-0.1, -0.05) is 6.92 Å². The fraction of sp³-hybridized carbons (Fsp3) is 0.750. The lowest BCUT2D eigenvalue weighted by Crippen LogP contribution is -2.21. The highest BCUT2D eigenvalue weighted by Gasteiger charge is 2.23. The standard InChI is InChI=1S/C12H20N2S/c1-3-5-11-14-12-9(8-13-2)6-4-7-10(12)15-11/h9,13H,3-8H2,1-2H3. The monoisotopic (exact) mass is 224 g/mol. The summed E-state index contributed by atoms with van der Waals surface area (Å²) in [6.45, 7) is 3.31. The molecule has 1 heterocycles. The number of nitrogens with one attached hydrogen (secondary N) is 1. The van der Waals surface area contributed by atoms with E-state index in [9.17, 15) is 0 Å². The van der Waals surface area contributed by atoms with Crippen LogP contribution in [0.25, 0.3) is 0 Å². The van der Waals surface area contributed by atoms with Gasteiger partial charge in [-0.15, -0.1) is 11.3 Å². The topological polar surface area (TPSA) is 24.9 Å². The van der Waals surface area contributed by atoms with E-state index < -0.39 is 0 Å². The van der Waals surface area contributed by atoms with E-state index >= 15 is 0 Å². The first-order valence-corrected chi connectivity index (χ1v) is 6.79. The molecule has 3 heteroatoms. The lowest BCUT2D eigenvalue weighted by Gasteiger charge is -2.20. The molecule has 0 radical (unpaired) electrons. The number of rotatable bonds is 4. The molecule has 84 valence electrons. The van der Waals surface area contributed by atoms with Crippen LogP contribution in [0, 0.1) is 0 Å². The van der Waals surface area contributed by atoms with Gasteiger partial charge in [0.2, 0.25) is 0 Å². The first kappa shape index (κ1) is 11.1. The average molecular weight is 224 g/mol. The molecular formula is C12H20N2S. The fourth-order valence-electron chi connectivity index (χ4n) is 2.32. The van der Waals surface area contributed by atoms with Crippen molar-refractivity contribution in [2.75, 3.05) is 13.6 Å². The quantitative estimate of drug-likeness (QED) is 0.850. The minimum atomic E-state index is 0.667. The van der Waals surface area contributed by atoms with Crippen LogP contribution in [0.3, 0.4) is 0 Å². The number of aromatic nitrogens is 1. The average Bonchev–Trinajstić information content (AvgIpc) is 2.62. The van der Waals surface area contributed by atoms with Crippen molar-refractivity contribution in [1.82, 2.24) is 10.3 Å². The molecule has 1 unspecified atom stereocenters. The smallest absolute Gasteiger partial charge is 0.0931 e. The van der Waals surface area contributed by atoms with Crippen LogP contribution in [-0.4, -0.2) is 18.6 Å². The second-order valence-corrected chi connectivity index (χ2v) is 5.48. The lowest BCUT2D eigenvalue weighted by molar-refractivity contribution is 0.521. The van der Waals surface area contributed by atoms with E-state index in [4.69, 9.17) is 4.98 Å². The van der Waals surface area contributed by atoms with Gasteiger partial charge in [-0.25, -0.2) is 4.98 Å². The molecule has 0 aromatic carbocycles. The summed E-state index contributed by atoms with van der Waals surface area (Å²) >= 11 is 1.95. The maximum absolute atomic E-state index is 4.82. The predicted octanol–water partition coefficient (Wildman–Crippen LogP) is 2.73. The molecule has 0 amide bonds. The molecule has 0 saturated heterocycles. The van der Waals surface area contributed by atoms with Gasteiger partial charge in [0.15, 0.2) is 0 Å². The zero-order valence-corrected chi connectivity index (χ0v) is 10.5. The number of nitrogens with zero attached hydrogens (tertiary/aromatic N) is 1. The third-order valence-electron chi connectivity index (χ3n) is 3.03. The van der Waals surface area contributed by atoms with Gasteiger partial charge < -0.3 is 5.32 Å². The molecule has 1 aromatic heterocycles. The van der Waals surface area contributed by atoms with Crippen LogP contribution in [0.5, 0.6) is 0 Å². The van der Waals surface area contributed by atoms with Crippen LogP contribution >= 0.6 is 11.3 Å². The minimum Gasteiger partial charge on any atom is -0.319 e. The zero-order valence-electron chi connectivity index (χ0n) is 9.68. The van der Waals surface area contributed by atoms with E-state index in [1.165, 1.54) is 36.4 Å². The Morgan fingerprint density at radius 2 is 2.40 bits per heavy atom. The molecule has 0 fully saturated rings. The van der Waals surface area contributed by atoms with Crippen LogP contribution in [0.4, 0.5) is 0 Å². The van der Waals surface area contributed by atoms with Crippen LogP contribution in [0.1, 0.15) is 47.7 Å². The highest BCUT2D eigenvalue weighted by atomic mass is 32.1. The largest absolute Gasteiger partial charge is 0.319 e. The summed E-state index contributed by atoms with van der Waals surface area (Å²) in [6, 6.07) is 0. The molecular weight excluding hydrogens is 204 g/mol. The van der Waals surface area contributed by atoms with Crippen molar-refractivity contribution in [3.63, 3.8) is 0 Å². The van der Waals surface area contributed by atoms with Crippen molar-refractivity contribution in [3.8, 4) is 0 Å². The summed E-state index contributed by atoms with van der Waals surface area (Å²) in [6.07, 6.45) is 6.28. The van der Waals surface area contributed by atoms with Gasteiger partial charge in [-0.05, 0) is 39.2 Å². The van der Waals surface area contributed by atoms with Crippen LogP contribution in [0.2, 0.25) is 0 Å². The Balaban J connectivity index is 2.18. The van der Waals surface area contributed by atoms with Gasteiger partial charge in [0.25, 0.3) is 0 Å². The maximum atomic E-state index is 4.82. The van der Waals surface area contributed by atoms with Crippen LogP contribution < -0.4 is 5.32 Å². The molecule has 1 N–H and O–H groups in total. The van der Waals surface area contributed by atoms with Crippen molar-refractivity contribution in [1.29, 1.82) is 0 Å². The third-order valence-corrected chi connectivity index (χ3v) is 4.22. The molecule has 15 heavy (non-hydrogen) atoms. The Bertz CT molecular complexity index is 319. The Morgan fingerprint density at radius 3 is 3.13 bits per heavy atom. The molecule has 2 nitrogen and oxygen atoms in total. The summed E-state index contributed by atoms with van der Waals surface area (Å²) in [5, 5.41) is 4.64. The van der Waals surface area contributed by atoms with Gasteiger partial charge in [0.1, 0.15) is 0 Å². The van der Waals surface area contributed by atoms with Gasteiger partial charge in [-0.3, -0.25) is 0 Å². The second kappa shape index (κ2) is 5.08.